The fraction of sp³-hybridized carbons (Fsp3) is 0.812. The van der Waals surface area contributed by atoms with Gasteiger partial charge in [-0.2, -0.15) is 12.8 Å². The van der Waals surface area contributed by atoms with Gasteiger partial charge in [-0.05, 0) is 56.8 Å². The van der Waals surface area contributed by atoms with Crippen molar-refractivity contribution in [3.63, 3.8) is 0 Å². The monoisotopic (exact) mass is 406 g/mol. The minimum atomic E-state index is 0. The molecule has 2 fully saturated rings. The van der Waals surface area contributed by atoms with Gasteiger partial charge in [-0.15, -0.1) is 0 Å². The van der Waals surface area contributed by atoms with Crippen molar-refractivity contribution in [1.82, 2.24) is 0 Å². The van der Waals surface area contributed by atoms with E-state index in [1.165, 1.54) is 57.8 Å². The Morgan fingerprint density at radius 2 is 1.53 bits per heavy atom. The van der Waals surface area contributed by atoms with E-state index in [0.717, 1.165) is 17.8 Å². The molecule has 0 nitrogen and oxygen atoms in total. The van der Waals surface area contributed by atoms with Crippen LogP contribution in [0.15, 0.2) is 12.2 Å². The molecule has 99 valence electrons. The van der Waals surface area contributed by atoms with Crippen LogP contribution in [-0.4, -0.2) is 0 Å². The number of allylic oxidation sites excluding steroid dienone is 2. The first-order valence-electron chi connectivity index (χ1n) is 7.33. The van der Waals surface area contributed by atoms with E-state index in [9.17, 15) is 0 Å². The first kappa shape index (κ1) is 15.5. The molecule has 2 aliphatic rings. The molecule has 17 heavy (non-hydrogen) atoms. The Kier molecular flexibility index (Phi) is 7.73. The average molecular weight is 406 g/mol. The molecule has 2 saturated carbocycles. The van der Waals surface area contributed by atoms with E-state index in [-0.39, 0.29) is 20.4 Å². The van der Waals surface area contributed by atoms with E-state index >= 15 is 0 Å². The molecule has 1 radical (unpaired) electrons. The maximum atomic E-state index is 2.49. The summed E-state index contributed by atoms with van der Waals surface area (Å²) in [5.74, 6) is 3.16. The summed E-state index contributed by atoms with van der Waals surface area (Å²) >= 11 is 0. The third-order valence-corrected chi connectivity index (χ3v) is 4.75. The largest absolute Gasteiger partial charge is 0.328 e. The molecule has 2 aliphatic carbocycles. The Labute approximate surface area is 121 Å². The summed E-state index contributed by atoms with van der Waals surface area (Å²) in [4.78, 5) is 0. The predicted molar refractivity (Wildman–Crippen MR) is 71.1 cm³/mol. The molecule has 0 atom stereocenters. The second kappa shape index (κ2) is 8.49. The SMILES string of the molecule is C/C=C/CC1CCC(C2CC[CH-]CC2)CC1.[Re]. The summed E-state index contributed by atoms with van der Waals surface area (Å²) in [6.07, 6.45) is 20.2. The van der Waals surface area contributed by atoms with E-state index in [2.05, 4.69) is 25.5 Å². The van der Waals surface area contributed by atoms with Crippen LogP contribution < -0.4 is 0 Å². The molecule has 1 heteroatoms. The molecular formula is C16H27Re-. The summed E-state index contributed by atoms with van der Waals surface area (Å²) in [6, 6.07) is 0. The van der Waals surface area contributed by atoms with Crippen molar-refractivity contribution in [2.24, 2.45) is 17.8 Å². The van der Waals surface area contributed by atoms with Gasteiger partial charge in [0.25, 0.3) is 0 Å². The molecule has 0 aromatic rings. The first-order valence-corrected chi connectivity index (χ1v) is 7.33. The van der Waals surface area contributed by atoms with Crippen LogP contribution in [0.5, 0.6) is 0 Å². The zero-order chi connectivity index (χ0) is 11.2. The Morgan fingerprint density at radius 1 is 0.941 bits per heavy atom. The van der Waals surface area contributed by atoms with E-state index in [1.54, 1.807) is 0 Å². The zero-order valence-corrected chi connectivity index (χ0v) is 13.9. The molecule has 0 bridgehead atoms. The van der Waals surface area contributed by atoms with Crippen molar-refractivity contribution in [2.75, 3.05) is 0 Å². The molecule has 0 heterocycles. The van der Waals surface area contributed by atoms with Gasteiger partial charge in [0.2, 0.25) is 0 Å². The topological polar surface area (TPSA) is 0 Å². The molecule has 0 saturated heterocycles. The average Bonchev–Trinajstić information content (AvgIpc) is 2.38. The summed E-state index contributed by atoms with van der Waals surface area (Å²) in [6.45, 7) is 2.14. The van der Waals surface area contributed by atoms with E-state index in [0.29, 0.717) is 0 Å². The number of rotatable bonds is 3. The van der Waals surface area contributed by atoms with Gasteiger partial charge in [0.15, 0.2) is 0 Å². The zero-order valence-electron chi connectivity index (χ0n) is 11.2. The van der Waals surface area contributed by atoms with Crippen molar-refractivity contribution in [1.29, 1.82) is 0 Å². The van der Waals surface area contributed by atoms with Crippen LogP contribution >= 0.6 is 0 Å². The molecule has 0 unspecified atom stereocenters. The molecule has 0 aliphatic heterocycles. The molecule has 0 N–H and O–H groups in total. The minimum Gasteiger partial charge on any atom is -0.328 e. The third kappa shape index (κ3) is 4.88. The fourth-order valence-corrected chi connectivity index (χ4v) is 3.65. The van der Waals surface area contributed by atoms with Crippen molar-refractivity contribution in [2.45, 2.75) is 64.7 Å². The Morgan fingerprint density at radius 3 is 2.12 bits per heavy atom. The van der Waals surface area contributed by atoms with Gasteiger partial charge in [-0.25, -0.2) is 0 Å². The van der Waals surface area contributed by atoms with Crippen LogP contribution in [0.2, 0.25) is 0 Å². The Bertz CT molecular complexity index is 208. The summed E-state index contributed by atoms with van der Waals surface area (Å²) in [5, 5.41) is 0. The molecular weight excluding hydrogens is 378 g/mol. The van der Waals surface area contributed by atoms with Gasteiger partial charge in [0, 0.05) is 20.4 Å². The molecule has 0 amide bonds. The maximum absolute atomic E-state index is 2.49. The van der Waals surface area contributed by atoms with Gasteiger partial charge in [0.1, 0.15) is 0 Å². The van der Waals surface area contributed by atoms with E-state index in [1.807, 2.05) is 0 Å². The smallest absolute Gasteiger partial charge is 0 e. The molecule has 2 rings (SSSR count). The fourth-order valence-electron chi connectivity index (χ4n) is 3.65. The normalized spacial score (nSPS) is 31.4. The van der Waals surface area contributed by atoms with Gasteiger partial charge in [0.05, 0.1) is 0 Å². The molecule has 0 aromatic heterocycles. The van der Waals surface area contributed by atoms with Crippen molar-refractivity contribution in [3.8, 4) is 0 Å². The van der Waals surface area contributed by atoms with Crippen LogP contribution in [-0.2, 0) is 20.4 Å². The van der Waals surface area contributed by atoms with Crippen LogP contribution in [0, 0.1) is 24.2 Å². The Hall–Kier alpha value is 0.402. The Balaban J connectivity index is 0.00000144. The summed E-state index contributed by atoms with van der Waals surface area (Å²) in [7, 11) is 0. The first-order chi connectivity index (χ1) is 7.90. The number of hydrogen-bond donors (Lipinski definition) is 0. The van der Waals surface area contributed by atoms with Gasteiger partial charge < -0.3 is 6.42 Å². The number of hydrogen-bond acceptors (Lipinski definition) is 0. The van der Waals surface area contributed by atoms with Gasteiger partial charge >= 0.3 is 0 Å². The van der Waals surface area contributed by atoms with Crippen molar-refractivity contribution in [3.05, 3.63) is 18.6 Å². The predicted octanol–water partition coefficient (Wildman–Crippen LogP) is 5.15. The van der Waals surface area contributed by atoms with Crippen LogP contribution in [0.1, 0.15) is 64.7 Å². The second-order valence-corrected chi connectivity index (χ2v) is 5.79. The van der Waals surface area contributed by atoms with Crippen molar-refractivity contribution >= 4 is 0 Å². The quantitative estimate of drug-likeness (QED) is 0.450. The van der Waals surface area contributed by atoms with Gasteiger partial charge in [-0.3, -0.25) is 0 Å². The van der Waals surface area contributed by atoms with Crippen molar-refractivity contribution < 1.29 is 20.4 Å². The summed E-state index contributed by atoms with van der Waals surface area (Å²) in [5.41, 5.74) is 0. The van der Waals surface area contributed by atoms with Gasteiger partial charge in [-0.1, -0.05) is 25.0 Å². The maximum Gasteiger partial charge on any atom is 0 e. The minimum absolute atomic E-state index is 0. The molecule has 0 aromatic carbocycles. The third-order valence-electron chi connectivity index (χ3n) is 4.75. The summed E-state index contributed by atoms with van der Waals surface area (Å²) < 4.78 is 0. The van der Waals surface area contributed by atoms with E-state index < -0.39 is 0 Å². The molecule has 0 spiro atoms. The van der Waals surface area contributed by atoms with Crippen LogP contribution in [0.4, 0.5) is 0 Å². The van der Waals surface area contributed by atoms with Crippen LogP contribution in [0.3, 0.4) is 0 Å². The standard InChI is InChI=1S/C16H27.Re/c1-2-3-7-14-10-12-16(13-11-14)15-8-5-4-6-9-15;/h2-4,14-16H,5-13H2,1H3;/q-1;/b3-2+;. The van der Waals surface area contributed by atoms with E-state index in [4.69, 9.17) is 0 Å². The second-order valence-electron chi connectivity index (χ2n) is 5.79. The van der Waals surface area contributed by atoms with Crippen LogP contribution in [0.25, 0.3) is 0 Å².